The molecular weight excluding hydrogens is 232 g/mol. The number of aromatic nitrogens is 2. The zero-order valence-electron chi connectivity index (χ0n) is 11.1. The van der Waals surface area contributed by atoms with Gasteiger partial charge in [0.1, 0.15) is 11.6 Å². The number of nitrogen functional groups attached to an aromatic ring is 1. The Morgan fingerprint density at radius 2 is 2.33 bits per heavy atom. The number of hydrogen-bond donors (Lipinski definition) is 1. The summed E-state index contributed by atoms with van der Waals surface area (Å²) in [5, 5.41) is 0. The largest absolute Gasteiger partial charge is 0.461 e. The molecule has 6 nitrogen and oxygen atoms in total. The lowest BCUT2D eigenvalue weighted by atomic mass is 10.2. The fraction of sp³-hybridized carbons (Fsp3) is 0.667. The van der Waals surface area contributed by atoms with E-state index in [1.54, 1.807) is 6.92 Å². The average molecular weight is 252 g/mol. The Morgan fingerprint density at radius 1 is 1.61 bits per heavy atom. The van der Waals surface area contributed by atoms with Crippen molar-refractivity contribution in [2.45, 2.75) is 26.3 Å². The van der Waals surface area contributed by atoms with E-state index in [9.17, 15) is 4.79 Å². The van der Waals surface area contributed by atoms with E-state index in [1.165, 1.54) is 0 Å². The molecule has 2 N–H and O–H groups in total. The van der Waals surface area contributed by atoms with Crippen LogP contribution in [0.3, 0.4) is 0 Å². The van der Waals surface area contributed by atoms with Crippen LogP contribution >= 0.6 is 0 Å². The molecule has 18 heavy (non-hydrogen) atoms. The first-order chi connectivity index (χ1) is 8.54. The number of carbonyl (C=O) groups excluding carboxylic acids is 1. The number of hydrogen-bond acceptors (Lipinski definition) is 5. The zero-order valence-corrected chi connectivity index (χ0v) is 11.1. The van der Waals surface area contributed by atoms with Crippen molar-refractivity contribution in [3.8, 4) is 0 Å². The molecule has 6 heteroatoms. The second-order valence-electron chi connectivity index (χ2n) is 4.69. The van der Waals surface area contributed by atoms with Gasteiger partial charge in [-0.05, 0) is 33.9 Å². The topological polar surface area (TPSA) is 73.4 Å². The summed E-state index contributed by atoms with van der Waals surface area (Å²) in [4.78, 5) is 18.2. The van der Waals surface area contributed by atoms with Crippen LogP contribution < -0.4 is 5.73 Å². The molecule has 1 aromatic heterocycles. The summed E-state index contributed by atoms with van der Waals surface area (Å²) in [6, 6.07) is 0.297. The normalized spacial score (nSPS) is 20.3. The third kappa shape index (κ3) is 2.20. The Labute approximate surface area is 107 Å². The van der Waals surface area contributed by atoms with Crippen LogP contribution in [0.2, 0.25) is 0 Å². The molecule has 2 heterocycles. The van der Waals surface area contributed by atoms with E-state index in [4.69, 9.17) is 10.5 Å². The lowest BCUT2D eigenvalue weighted by Gasteiger charge is -2.15. The molecule has 1 unspecified atom stereocenters. The summed E-state index contributed by atoms with van der Waals surface area (Å²) < 4.78 is 6.91. The molecule has 1 saturated heterocycles. The fourth-order valence-corrected chi connectivity index (χ4v) is 2.49. The molecule has 1 aliphatic rings. The molecule has 0 radical (unpaired) electrons. The average Bonchev–Trinajstić information content (AvgIpc) is 2.83. The third-order valence-corrected chi connectivity index (χ3v) is 3.32. The maximum absolute atomic E-state index is 11.7. The molecule has 0 aromatic carbocycles. The van der Waals surface area contributed by atoms with E-state index in [2.05, 4.69) is 16.9 Å². The number of anilines is 1. The summed E-state index contributed by atoms with van der Waals surface area (Å²) in [7, 11) is 2.08. The molecule has 0 spiro atoms. The predicted molar refractivity (Wildman–Crippen MR) is 68.5 cm³/mol. The minimum absolute atomic E-state index is 0.240. The second-order valence-corrected chi connectivity index (χ2v) is 4.69. The fourth-order valence-electron chi connectivity index (χ4n) is 2.49. The van der Waals surface area contributed by atoms with Gasteiger partial charge in [0.25, 0.3) is 0 Å². The van der Waals surface area contributed by atoms with Gasteiger partial charge in [0, 0.05) is 6.54 Å². The number of esters is 1. The minimum atomic E-state index is -0.441. The molecule has 0 saturated carbocycles. The monoisotopic (exact) mass is 252 g/mol. The van der Waals surface area contributed by atoms with E-state index in [-0.39, 0.29) is 5.69 Å². The number of aryl methyl sites for hydroxylation is 1. The van der Waals surface area contributed by atoms with E-state index >= 15 is 0 Å². The van der Waals surface area contributed by atoms with Crippen molar-refractivity contribution < 1.29 is 9.53 Å². The molecule has 1 aromatic rings. The first-order valence-electron chi connectivity index (χ1n) is 6.24. The molecule has 0 amide bonds. The van der Waals surface area contributed by atoms with Gasteiger partial charge in [0.2, 0.25) is 0 Å². The number of rotatable bonds is 3. The lowest BCUT2D eigenvalue weighted by molar-refractivity contribution is 0.0521. The van der Waals surface area contributed by atoms with Gasteiger partial charge in [-0.3, -0.25) is 0 Å². The minimum Gasteiger partial charge on any atom is -0.461 e. The SMILES string of the molecule is CCOC(=O)c1nc(C)n(C2CCN(C)C2)c1N. The van der Waals surface area contributed by atoms with Gasteiger partial charge in [0.15, 0.2) is 5.69 Å². The summed E-state index contributed by atoms with van der Waals surface area (Å²) >= 11 is 0. The van der Waals surface area contributed by atoms with Gasteiger partial charge < -0.3 is 19.9 Å². The zero-order chi connectivity index (χ0) is 13.3. The highest BCUT2D eigenvalue weighted by molar-refractivity contribution is 5.92. The predicted octanol–water partition coefficient (Wildman–Crippen LogP) is 0.827. The first-order valence-corrected chi connectivity index (χ1v) is 6.24. The second kappa shape index (κ2) is 4.97. The number of nitrogens with zero attached hydrogens (tertiary/aromatic N) is 3. The Balaban J connectivity index is 2.29. The van der Waals surface area contributed by atoms with E-state index < -0.39 is 5.97 Å². The van der Waals surface area contributed by atoms with Crippen LogP contribution in [-0.4, -0.2) is 47.2 Å². The van der Waals surface area contributed by atoms with E-state index in [0.29, 0.717) is 18.5 Å². The number of carbonyl (C=O) groups is 1. The van der Waals surface area contributed by atoms with Gasteiger partial charge in [-0.1, -0.05) is 0 Å². The van der Waals surface area contributed by atoms with Crippen LogP contribution in [0.5, 0.6) is 0 Å². The highest BCUT2D eigenvalue weighted by Crippen LogP contribution is 2.27. The van der Waals surface area contributed by atoms with Crippen molar-refractivity contribution in [3.63, 3.8) is 0 Å². The van der Waals surface area contributed by atoms with E-state index in [1.807, 2.05) is 11.5 Å². The van der Waals surface area contributed by atoms with E-state index in [0.717, 1.165) is 25.3 Å². The summed E-state index contributed by atoms with van der Waals surface area (Å²) in [5.41, 5.74) is 6.28. The number of imidazole rings is 1. The van der Waals surface area contributed by atoms with Crippen LogP contribution in [-0.2, 0) is 4.74 Å². The maximum Gasteiger partial charge on any atom is 0.360 e. The molecule has 0 aliphatic carbocycles. The Hall–Kier alpha value is -1.56. The van der Waals surface area contributed by atoms with Gasteiger partial charge in [0.05, 0.1) is 12.6 Å². The van der Waals surface area contributed by atoms with Gasteiger partial charge >= 0.3 is 5.97 Å². The number of likely N-dealkylation sites (N-methyl/N-ethyl adjacent to an activating group) is 1. The molecular formula is C12H20N4O2. The third-order valence-electron chi connectivity index (χ3n) is 3.32. The van der Waals surface area contributed by atoms with Crippen LogP contribution in [0.1, 0.15) is 35.7 Å². The molecule has 2 rings (SSSR count). The molecule has 1 atom stereocenters. The molecule has 100 valence electrons. The van der Waals surface area contributed by atoms with Crippen LogP contribution in [0.15, 0.2) is 0 Å². The summed E-state index contributed by atoms with van der Waals surface area (Å²) in [6.45, 7) is 5.94. The van der Waals surface area contributed by atoms with Crippen molar-refractivity contribution in [2.24, 2.45) is 0 Å². The molecule has 1 aliphatic heterocycles. The van der Waals surface area contributed by atoms with Crippen molar-refractivity contribution in [3.05, 3.63) is 11.5 Å². The van der Waals surface area contributed by atoms with Crippen molar-refractivity contribution in [1.82, 2.24) is 14.5 Å². The van der Waals surface area contributed by atoms with Crippen LogP contribution in [0.4, 0.5) is 5.82 Å². The Morgan fingerprint density at radius 3 is 2.89 bits per heavy atom. The molecule has 0 bridgehead atoms. The number of nitrogens with two attached hydrogens (primary N) is 1. The first kappa shape index (κ1) is 12.9. The summed E-state index contributed by atoms with van der Waals surface area (Å²) in [6.07, 6.45) is 1.03. The Kier molecular flexibility index (Phi) is 3.56. The number of ether oxygens (including phenoxy) is 1. The smallest absolute Gasteiger partial charge is 0.360 e. The quantitative estimate of drug-likeness (QED) is 0.806. The summed E-state index contributed by atoms with van der Waals surface area (Å²) in [5.74, 6) is 0.755. The number of likely N-dealkylation sites (tertiary alicyclic amines) is 1. The highest BCUT2D eigenvalue weighted by atomic mass is 16.5. The highest BCUT2D eigenvalue weighted by Gasteiger charge is 2.27. The van der Waals surface area contributed by atoms with Crippen LogP contribution in [0, 0.1) is 6.92 Å². The van der Waals surface area contributed by atoms with Crippen molar-refractivity contribution in [1.29, 1.82) is 0 Å². The van der Waals surface area contributed by atoms with Crippen molar-refractivity contribution >= 4 is 11.8 Å². The van der Waals surface area contributed by atoms with Gasteiger partial charge in [-0.2, -0.15) is 0 Å². The standard InChI is InChI=1S/C12H20N4O2/c1-4-18-12(17)10-11(13)16(8(2)14-10)9-5-6-15(3)7-9/h9H,4-7,13H2,1-3H3. The van der Waals surface area contributed by atoms with Gasteiger partial charge in [-0.25, -0.2) is 9.78 Å². The van der Waals surface area contributed by atoms with Crippen molar-refractivity contribution in [2.75, 3.05) is 32.5 Å². The molecule has 1 fully saturated rings. The lowest BCUT2D eigenvalue weighted by Crippen LogP contribution is -2.19. The maximum atomic E-state index is 11.7. The van der Waals surface area contributed by atoms with Gasteiger partial charge in [-0.15, -0.1) is 0 Å². The van der Waals surface area contributed by atoms with Crippen LogP contribution in [0.25, 0.3) is 0 Å². The Bertz CT molecular complexity index is 455.